The topological polar surface area (TPSA) is 66.9 Å². The maximum atomic E-state index is 12.2. The van der Waals surface area contributed by atoms with E-state index in [1.165, 1.54) is 0 Å². The molecule has 5 nitrogen and oxygen atoms in total. The van der Waals surface area contributed by atoms with Crippen molar-refractivity contribution in [1.82, 2.24) is 15.3 Å². The Morgan fingerprint density at radius 2 is 2.30 bits per heavy atom. The lowest BCUT2D eigenvalue weighted by atomic mass is 10.2. The molecule has 2 rings (SSSR count). The fourth-order valence-corrected chi connectivity index (χ4v) is 2.57. The third-order valence-corrected chi connectivity index (χ3v) is 3.88. The first kappa shape index (κ1) is 14.5. The molecule has 20 heavy (non-hydrogen) atoms. The Labute approximate surface area is 122 Å². The summed E-state index contributed by atoms with van der Waals surface area (Å²) >= 11 is 1.56. The van der Waals surface area contributed by atoms with E-state index < -0.39 is 0 Å². The molecule has 0 aromatic carbocycles. The maximum Gasteiger partial charge on any atom is 0.252 e. The van der Waals surface area contributed by atoms with Crippen molar-refractivity contribution in [3.8, 4) is 0 Å². The van der Waals surface area contributed by atoms with Gasteiger partial charge in [0.2, 0.25) is 0 Å². The van der Waals surface area contributed by atoms with Gasteiger partial charge in [-0.1, -0.05) is 0 Å². The molecule has 0 aliphatic carbocycles. The highest BCUT2D eigenvalue weighted by Gasteiger charge is 2.14. The first-order valence-electron chi connectivity index (χ1n) is 6.53. The van der Waals surface area contributed by atoms with Gasteiger partial charge in [0.05, 0.1) is 6.04 Å². The Balaban J connectivity index is 2.06. The lowest BCUT2D eigenvalue weighted by molar-refractivity contribution is 0.0939. The van der Waals surface area contributed by atoms with Crippen LogP contribution < -0.4 is 10.6 Å². The standard InChI is InChI=1S/C14H18N4OS/c1-4-15-12-7-11(5-6-16-12)13(19)18-10(3)14-17-9(2)8-20-14/h5-8,10H,4H2,1-3H3,(H,15,16)(H,18,19). The highest BCUT2D eigenvalue weighted by Crippen LogP contribution is 2.18. The Morgan fingerprint density at radius 3 is 2.95 bits per heavy atom. The average molecular weight is 290 g/mol. The van der Waals surface area contributed by atoms with Crippen LogP contribution >= 0.6 is 11.3 Å². The molecule has 2 aromatic heterocycles. The summed E-state index contributed by atoms with van der Waals surface area (Å²) in [6, 6.07) is 3.35. The van der Waals surface area contributed by atoms with Gasteiger partial charge in [0.15, 0.2) is 0 Å². The van der Waals surface area contributed by atoms with E-state index >= 15 is 0 Å². The summed E-state index contributed by atoms with van der Waals surface area (Å²) in [5, 5.41) is 8.93. The van der Waals surface area contributed by atoms with Crippen LogP contribution in [0.15, 0.2) is 23.7 Å². The van der Waals surface area contributed by atoms with Gasteiger partial charge >= 0.3 is 0 Å². The molecular weight excluding hydrogens is 272 g/mol. The van der Waals surface area contributed by atoms with E-state index in [2.05, 4.69) is 20.6 Å². The molecule has 6 heteroatoms. The number of nitrogens with one attached hydrogen (secondary N) is 2. The second-order valence-corrected chi connectivity index (χ2v) is 5.37. The Morgan fingerprint density at radius 1 is 1.50 bits per heavy atom. The number of hydrogen-bond acceptors (Lipinski definition) is 5. The monoisotopic (exact) mass is 290 g/mol. The van der Waals surface area contributed by atoms with Crippen molar-refractivity contribution in [3.63, 3.8) is 0 Å². The lowest BCUT2D eigenvalue weighted by Crippen LogP contribution is -2.26. The fourth-order valence-electron chi connectivity index (χ4n) is 1.76. The van der Waals surface area contributed by atoms with Crippen LogP contribution in [0.1, 0.15) is 40.9 Å². The molecule has 1 atom stereocenters. The summed E-state index contributed by atoms with van der Waals surface area (Å²) < 4.78 is 0. The van der Waals surface area contributed by atoms with E-state index in [-0.39, 0.29) is 11.9 Å². The van der Waals surface area contributed by atoms with Crippen LogP contribution in [-0.4, -0.2) is 22.4 Å². The average Bonchev–Trinajstić information content (AvgIpc) is 2.86. The van der Waals surface area contributed by atoms with E-state index in [9.17, 15) is 4.79 Å². The highest BCUT2D eigenvalue weighted by atomic mass is 32.1. The van der Waals surface area contributed by atoms with Crippen molar-refractivity contribution >= 4 is 23.1 Å². The van der Waals surface area contributed by atoms with Gasteiger partial charge in [-0.05, 0) is 32.9 Å². The number of anilines is 1. The molecule has 0 aliphatic rings. The van der Waals surface area contributed by atoms with Crippen LogP contribution in [0, 0.1) is 6.92 Å². The number of aryl methyl sites for hydroxylation is 1. The third kappa shape index (κ3) is 3.54. The smallest absolute Gasteiger partial charge is 0.252 e. The Hall–Kier alpha value is -1.95. The molecule has 0 aliphatic heterocycles. The third-order valence-electron chi connectivity index (χ3n) is 2.73. The molecule has 106 valence electrons. The van der Waals surface area contributed by atoms with E-state index in [1.807, 2.05) is 26.2 Å². The molecule has 2 heterocycles. The van der Waals surface area contributed by atoms with Gasteiger partial charge < -0.3 is 10.6 Å². The molecule has 0 saturated heterocycles. The number of hydrogen-bond donors (Lipinski definition) is 2. The summed E-state index contributed by atoms with van der Waals surface area (Å²) in [6.07, 6.45) is 1.63. The first-order chi connectivity index (χ1) is 9.60. The van der Waals surface area contributed by atoms with Crippen LogP contribution in [0.2, 0.25) is 0 Å². The van der Waals surface area contributed by atoms with Crippen LogP contribution in [0.3, 0.4) is 0 Å². The molecule has 0 spiro atoms. The predicted octanol–water partition coefficient (Wildman–Crippen LogP) is 2.77. The zero-order valence-corrected chi connectivity index (χ0v) is 12.6. The SMILES string of the molecule is CCNc1cc(C(=O)NC(C)c2nc(C)cs2)ccn1. The van der Waals surface area contributed by atoms with Gasteiger partial charge in [0, 0.05) is 29.4 Å². The van der Waals surface area contributed by atoms with Crippen molar-refractivity contribution in [2.75, 3.05) is 11.9 Å². The summed E-state index contributed by atoms with van der Waals surface area (Å²) in [7, 11) is 0. The van der Waals surface area contributed by atoms with Crippen LogP contribution in [0.5, 0.6) is 0 Å². The lowest BCUT2D eigenvalue weighted by Gasteiger charge is -2.12. The zero-order chi connectivity index (χ0) is 14.5. The van der Waals surface area contributed by atoms with Crippen molar-refractivity contribution in [2.45, 2.75) is 26.8 Å². The van der Waals surface area contributed by atoms with Crippen molar-refractivity contribution in [3.05, 3.63) is 40.0 Å². The van der Waals surface area contributed by atoms with Crippen LogP contribution in [-0.2, 0) is 0 Å². The van der Waals surface area contributed by atoms with Gasteiger partial charge in [-0.15, -0.1) is 11.3 Å². The molecule has 1 unspecified atom stereocenters. The van der Waals surface area contributed by atoms with Crippen LogP contribution in [0.25, 0.3) is 0 Å². The molecule has 0 fully saturated rings. The molecule has 0 bridgehead atoms. The summed E-state index contributed by atoms with van der Waals surface area (Å²) in [4.78, 5) is 20.7. The number of aromatic nitrogens is 2. The van der Waals surface area contributed by atoms with E-state index in [0.29, 0.717) is 11.4 Å². The Kier molecular flexibility index (Phi) is 4.68. The molecule has 2 aromatic rings. The largest absolute Gasteiger partial charge is 0.370 e. The van der Waals surface area contributed by atoms with Gasteiger partial charge in [-0.25, -0.2) is 9.97 Å². The predicted molar refractivity (Wildman–Crippen MR) is 81.1 cm³/mol. The van der Waals surface area contributed by atoms with E-state index in [0.717, 1.165) is 17.2 Å². The van der Waals surface area contributed by atoms with E-state index in [4.69, 9.17) is 0 Å². The number of thiazole rings is 1. The number of nitrogens with zero attached hydrogens (tertiary/aromatic N) is 2. The summed E-state index contributed by atoms with van der Waals surface area (Å²) in [5.74, 6) is 0.588. The number of carbonyl (C=O) groups is 1. The number of rotatable bonds is 5. The van der Waals surface area contributed by atoms with Gasteiger partial charge in [0.1, 0.15) is 10.8 Å². The molecule has 0 saturated carbocycles. The van der Waals surface area contributed by atoms with E-state index in [1.54, 1.807) is 29.7 Å². The second kappa shape index (κ2) is 6.47. The number of pyridine rings is 1. The van der Waals surface area contributed by atoms with Gasteiger partial charge in [0.25, 0.3) is 5.91 Å². The zero-order valence-electron chi connectivity index (χ0n) is 11.8. The van der Waals surface area contributed by atoms with Crippen molar-refractivity contribution in [1.29, 1.82) is 0 Å². The highest BCUT2D eigenvalue weighted by molar-refractivity contribution is 7.09. The van der Waals surface area contributed by atoms with Crippen LogP contribution in [0.4, 0.5) is 5.82 Å². The van der Waals surface area contributed by atoms with Crippen molar-refractivity contribution < 1.29 is 4.79 Å². The van der Waals surface area contributed by atoms with Gasteiger partial charge in [-0.2, -0.15) is 0 Å². The minimum atomic E-state index is -0.119. The second-order valence-electron chi connectivity index (χ2n) is 4.48. The molecule has 0 radical (unpaired) electrons. The Bertz CT molecular complexity index is 596. The van der Waals surface area contributed by atoms with Crippen molar-refractivity contribution in [2.24, 2.45) is 0 Å². The molecular formula is C14H18N4OS. The molecule has 1 amide bonds. The number of carbonyl (C=O) groups excluding carboxylic acids is 1. The van der Waals surface area contributed by atoms with Gasteiger partial charge in [-0.3, -0.25) is 4.79 Å². The maximum absolute atomic E-state index is 12.2. The minimum absolute atomic E-state index is 0.100. The summed E-state index contributed by atoms with van der Waals surface area (Å²) in [5.41, 5.74) is 1.57. The number of amides is 1. The fraction of sp³-hybridized carbons (Fsp3) is 0.357. The normalized spacial score (nSPS) is 11.9. The molecule has 2 N–H and O–H groups in total. The minimum Gasteiger partial charge on any atom is -0.370 e. The summed E-state index contributed by atoms with van der Waals surface area (Å²) in [6.45, 7) is 6.64. The first-order valence-corrected chi connectivity index (χ1v) is 7.41. The quantitative estimate of drug-likeness (QED) is 0.888.